The van der Waals surface area contributed by atoms with Gasteiger partial charge in [-0.05, 0) is 42.8 Å². The van der Waals surface area contributed by atoms with Gasteiger partial charge in [-0.1, -0.05) is 44.0 Å². The topological polar surface area (TPSA) is 12.0 Å². The summed E-state index contributed by atoms with van der Waals surface area (Å²) in [6, 6.07) is 13.3. The van der Waals surface area contributed by atoms with Gasteiger partial charge < -0.3 is 5.32 Å². The Morgan fingerprint density at radius 2 is 1.84 bits per heavy atom. The first-order chi connectivity index (χ1) is 9.06. The molecule has 0 amide bonds. The molecule has 1 atom stereocenters. The highest BCUT2D eigenvalue weighted by Gasteiger charge is 2.07. The van der Waals surface area contributed by atoms with E-state index in [1.807, 2.05) is 12.1 Å². The van der Waals surface area contributed by atoms with Crippen molar-refractivity contribution < 1.29 is 4.39 Å². The molecule has 1 unspecified atom stereocenters. The van der Waals surface area contributed by atoms with E-state index in [0.29, 0.717) is 12.1 Å². The summed E-state index contributed by atoms with van der Waals surface area (Å²) in [7, 11) is 0. The van der Waals surface area contributed by atoms with Gasteiger partial charge in [-0.2, -0.15) is 0 Å². The largest absolute Gasteiger partial charge is 0.306 e. The molecule has 4 heteroatoms. The molecule has 2 aromatic rings. The standard InChI is InChI=1S/C15H14Br2FN/c1-10(11-3-2-4-13(16)7-11)19-9-12-8-14(17)5-6-15(12)18/h2-8,10,19H,9H2,1H3. The molecule has 1 N–H and O–H groups in total. The van der Waals surface area contributed by atoms with Crippen LogP contribution in [0.15, 0.2) is 51.4 Å². The van der Waals surface area contributed by atoms with E-state index in [0.717, 1.165) is 8.95 Å². The van der Waals surface area contributed by atoms with Gasteiger partial charge in [-0.3, -0.25) is 0 Å². The molecule has 2 rings (SSSR count). The maximum atomic E-state index is 13.6. The fraction of sp³-hybridized carbons (Fsp3) is 0.200. The van der Waals surface area contributed by atoms with E-state index in [2.05, 4.69) is 56.2 Å². The lowest BCUT2D eigenvalue weighted by Gasteiger charge is -2.15. The molecule has 0 heterocycles. The molecule has 0 spiro atoms. The predicted molar refractivity (Wildman–Crippen MR) is 83.5 cm³/mol. The van der Waals surface area contributed by atoms with Gasteiger partial charge in [0.25, 0.3) is 0 Å². The Hall–Kier alpha value is -0.710. The zero-order valence-corrected chi connectivity index (χ0v) is 13.6. The summed E-state index contributed by atoms with van der Waals surface area (Å²) in [5.41, 5.74) is 1.83. The van der Waals surface area contributed by atoms with Crippen LogP contribution in [-0.2, 0) is 6.54 Å². The van der Waals surface area contributed by atoms with Gasteiger partial charge >= 0.3 is 0 Å². The Morgan fingerprint density at radius 1 is 1.11 bits per heavy atom. The molecule has 0 aromatic heterocycles. The van der Waals surface area contributed by atoms with Crippen LogP contribution in [0.4, 0.5) is 4.39 Å². The molecule has 0 aliphatic rings. The average Bonchev–Trinajstić information content (AvgIpc) is 2.39. The number of halogens is 3. The highest BCUT2D eigenvalue weighted by molar-refractivity contribution is 9.10. The number of hydrogen-bond acceptors (Lipinski definition) is 1. The summed E-state index contributed by atoms with van der Waals surface area (Å²) in [6.45, 7) is 2.57. The highest BCUT2D eigenvalue weighted by Crippen LogP contribution is 2.20. The van der Waals surface area contributed by atoms with Crippen LogP contribution in [0.25, 0.3) is 0 Å². The monoisotopic (exact) mass is 385 g/mol. The minimum Gasteiger partial charge on any atom is -0.306 e. The van der Waals surface area contributed by atoms with E-state index < -0.39 is 0 Å². The van der Waals surface area contributed by atoms with Crippen LogP contribution < -0.4 is 5.32 Å². The molecule has 0 bridgehead atoms. The summed E-state index contributed by atoms with van der Waals surface area (Å²) in [5.74, 6) is -0.183. The van der Waals surface area contributed by atoms with Gasteiger partial charge in [0.2, 0.25) is 0 Å². The lowest BCUT2D eigenvalue weighted by Crippen LogP contribution is -2.18. The number of hydrogen-bond donors (Lipinski definition) is 1. The Bertz CT molecular complexity index is 572. The molecule has 100 valence electrons. The van der Waals surface area contributed by atoms with Crippen molar-refractivity contribution in [2.75, 3.05) is 0 Å². The Morgan fingerprint density at radius 3 is 2.58 bits per heavy atom. The van der Waals surface area contributed by atoms with Gasteiger partial charge in [0, 0.05) is 27.1 Å². The maximum Gasteiger partial charge on any atom is 0.127 e. The summed E-state index contributed by atoms with van der Waals surface area (Å²) in [4.78, 5) is 0. The van der Waals surface area contributed by atoms with Crippen molar-refractivity contribution >= 4 is 31.9 Å². The fourth-order valence-corrected chi connectivity index (χ4v) is 2.66. The van der Waals surface area contributed by atoms with Crippen LogP contribution in [0.3, 0.4) is 0 Å². The van der Waals surface area contributed by atoms with Crippen LogP contribution in [-0.4, -0.2) is 0 Å². The van der Waals surface area contributed by atoms with E-state index in [-0.39, 0.29) is 11.9 Å². The van der Waals surface area contributed by atoms with Crippen molar-refractivity contribution in [3.63, 3.8) is 0 Å². The second-order valence-electron chi connectivity index (χ2n) is 4.39. The SMILES string of the molecule is CC(NCc1cc(Br)ccc1F)c1cccc(Br)c1. The summed E-state index contributed by atoms with van der Waals surface area (Å²) < 4.78 is 15.6. The Balaban J connectivity index is 2.04. The summed E-state index contributed by atoms with van der Waals surface area (Å²) in [6.07, 6.45) is 0. The second kappa shape index (κ2) is 6.64. The van der Waals surface area contributed by atoms with Crippen molar-refractivity contribution in [1.29, 1.82) is 0 Å². The quantitative estimate of drug-likeness (QED) is 0.761. The maximum absolute atomic E-state index is 13.6. The number of benzene rings is 2. The molecule has 19 heavy (non-hydrogen) atoms. The number of nitrogens with one attached hydrogen (secondary N) is 1. The number of rotatable bonds is 4. The zero-order valence-electron chi connectivity index (χ0n) is 10.5. The van der Waals surface area contributed by atoms with Crippen LogP contribution in [0.1, 0.15) is 24.1 Å². The van der Waals surface area contributed by atoms with Gasteiger partial charge in [-0.15, -0.1) is 0 Å². The van der Waals surface area contributed by atoms with Crippen LogP contribution in [0, 0.1) is 5.82 Å². The lowest BCUT2D eigenvalue weighted by molar-refractivity contribution is 0.544. The Kier molecular flexibility index (Phi) is 5.13. The molecule has 0 aliphatic carbocycles. The molecular formula is C15H14Br2FN. The van der Waals surface area contributed by atoms with Crippen molar-refractivity contribution in [3.05, 3.63) is 68.4 Å². The normalized spacial score (nSPS) is 12.4. The zero-order chi connectivity index (χ0) is 13.8. The molecule has 0 aliphatic heterocycles. The van der Waals surface area contributed by atoms with Crippen molar-refractivity contribution in [1.82, 2.24) is 5.32 Å². The van der Waals surface area contributed by atoms with Crippen molar-refractivity contribution in [3.8, 4) is 0 Å². The molecule has 2 aromatic carbocycles. The molecule has 0 radical (unpaired) electrons. The van der Waals surface area contributed by atoms with Gasteiger partial charge in [0.15, 0.2) is 0 Å². The van der Waals surface area contributed by atoms with Gasteiger partial charge in [0.05, 0.1) is 0 Å². The summed E-state index contributed by atoms with van der Waals surface area (Å²) >= 11 is 6.81. The predicted octanol–water partition coefficient (Wildman–Crippen LogP) is 5.20. The van der Waals surface area contributed by atoms with Crippen LogP contribution >= 0.6 is 31.9 Å². The molecule has 0 fully saturated rings. The van der Waals surface area contributed by atoms with E-state index in [1.54, 1.807) is 12.1 Å². The van der Waals surface area contributed by atoms with Crippen LogP contribution in [0.5, 0.6) is 0 Å². The summed E-state index contributed by atoms with van der Waals surface area (Å²) in [5, 5.41) is 3.33. The van der Waals surface area contributed by atoms with Gasteiger partial charge in [-0.25, -0.2) is 4.39 Å². The van der Waals surface area contributed by atoms with Gasteiger partial charge in [0.1, 0.15) is 5.82 Å². The van der Waals surface area contributed by atoms with Crippen molar-refractivity contribution in [2.45, 2.75) is 19.5 Å². The molecule has 1 nitrogen and oxygen atoms in total. The smallest absolute Gasteiger partial charge is 0.127 e. The molecule has 0 saturated carbocycles. The minimum absolute atomic E-state index is 0.163. The third-order valence-electron chi connectivity index (χ3n) is 2.96. The highest BCUT2D eigenvalue weighted by atomic mass is 79.9. The first kappa shape index (κ1) is 14.7. The first-order valence-corrected chi connectivity index (χ1v) is 7.57. The molecule has 0 saturated heterocycles. The Labute approximate surface area is 129 Å². The third-order valence-corrected chi connectivity index (χ3v) is 3.94. The van der Waals surface area contributed by atoms with Crippen LogP contribution in [0.2, 0.25) is 0 Å². The second-order valence-corrected chi connectivity index (χ2v) is 6.22. The van der Waals surface area contributed by atoms with E-state index in [1.165, 1.54) is 11.6 Å². The first-order valence-electron chi connectivity index (χ1n) is 5.99. The van der Waals surface area contributed by atoms with E-state index >= 15 is 0 Å². The lowest BCUT2D eigenvalue weighted by atomic mass is 10.1. The van der Waals surface area contributed by atoms with E-state index in [4.69, 9.17) is 0 Å². The third kappa shape index (κ3) is 4.13. The molecular weight excluding hydrogens is 373 g/mol. The van der Waals surface area contributed by atoms with E-state index in [9.17, 15) is 4.39 Å². The minimum atomic E-state index is -0.183. The van der Waals surface area contributed by atoms with Crippen molar-refractivity contribution in [2.24, 2.45) is 0 Å². The fourth-order valence-electron chi connectivity index (χ4n) is 1.84. The average molecular weight is 387 g/mol.